The zero-order valence-corrected chi connectivity index (χ0v) is 12.4. The van der Waals surface area contributed by atoms with Crippen LogP contribution in [0, 0.1) is 0 Å². The number of sulfone groups is 1. The monoisotopic (exact) mass is 287 g/mol. The lowest BCUT2D eigenvalue weighted by molar-refractivity contribution is 0.315. The molecule has 0 amide bonds. The Morgan fingerprint density at radius 2 is 1.47 bits per heavy atom. The maximum Gasteiger partial charge on any atom is 0.161 e. The normalized spacial score (nSPS) is 29.9. The lowest BCUT2D eigenvalue weighted by Crippen LogP contribution is -2.39. The smallest absolute Gasteiger partial charge is 0.161 e. The predicted molar refractivity (Wildman–Crippen MR) is 76.5 cm³/mol. The molecule has 0 bridgehead atoms. The second kappa shape index (κ2) is 6.73. The maximum atomic E-state index is 12.8. The largest absolute Gasteiger partial charge is 0.411 e. The van der Waals surface area contributed by atoms with Gasteiger partial charge in [-0.15, -0.1) is 0 Å². The fraction of sp³-hybridized carbons (Fsp3) is 0.929. The third-order valence-corrected chi connectivity index (χ3v) is 7.26. The Kier molecular flexibility index (Phi) is 5.25. The van der Waals surface area contributed by atoms with Crippen molar-refractivity contribution in [2.45, 2.75) is 81.1 Å². The molecule has 0 aliphatic heterocycles. The highest BCUT2D eigenvalue weighted by Crippen LogP contribution is 2.30. The van der Waals surface area contributed by atoms with Crippen LogP contribution in [0.25, 0.3) is 0 Å². The first-order valence-corrected chi connectivity index (χ1v) is 9.20. The van der Waals surface area contributed by atoms with E-state index in [1.807, 2.05) is 0 Å². The van der Waals surface area contributed by atoms with Crippen LogP contribution in [0.15, 0.2) is 5.16 Å². The molecule has 0 saturated heterocycles. The van der Waals surface area contributed by atoms with Crippen LogP contribution in [0.1, 0.15) is 70.6 Å². The Morgan fingerprint density at radius 1 is 0.895 bits per heavy atom. The minimum atomic E-state index is -3.18. The number of hydrogen-bond acceptors (Lipinski definition) is 4. The molecule has 2 aliphatic rings. The molecular weight excluding hydrogens is 262 g/mol. The molecule has 5 heteroatoms. The third-order valence-electron chi connectivity index (χ3n) is 4.56. The molecule has 110 valence electrons. The van der Waals surface area contributed by atoms with Crippen LogP contribution in [-0.2, 0) is 9.84 Å². The summed E-state index contributed by atoms with van der Waals surface area (Å²) in [5, 5.41) is 11.8. The molecule has 1 N–H and O–H groups in total. The minimum absolute atomic E-state index is 0.206. The van der Waals surface area contributed by atoms with Crippen LogP contribution < -0.4 is 0 Å². The summed E-state index contributed by atoms with van der Waals surface area (Å²) in [7, 11) is -3.18. The van der Waals surface area contributed by atoms with Crippen LogP contribution in [0.4, 0.5) is 0 Å². The van der Waals surface area contributed by atoms with E-state index in [9.17, 15) is 8.42 Å². The van der Waals surface area contributed by atoms with Gasteiger partial charge in [0, 0.05) is 0 Å². The third kappa shape index (κ3) is 3.50. The van der Waals surface area contributed by atoms with Crippen molar-refractivity contribution in [1.82, 2.24) is 0 Å². The summed E-state index contributed by atoms with van der Waals surface area (Å²) in [5.74, 6) is 0. The van der Waals surface area contributed by atoms with Crippen LogP contribution in [0.3, 0.4) is 0 Å². The summed E-state index contributed by atoms with van der Waals surface area (Å²) >= 11 is 0. The van der Waals surface area contributed by atoms with E-state index in [2.05, 4.69) is 5.16 Å². The highest BCUT2D eigenvalue weighted by Gasteiger charge is 2.37. The second-order valence-electron chi connectivity index (χ2n) is 5.88. The van der Waals surface area contributed by atoms with Gasteiger partial charge in [-0.1, -0.05) is 43.7 Å². The molecule has 2 saturated carbocycles. The van der Waals surface area contributed by atoms with Gasteiger partial charge in [-0.3, -0.25) is 0 Å². The summed E-state index contributed by atoms with van der Waals surface area (Å²) in [6, 6.07) is 0. The highest BCUT2D eigenvalue weighted by atomic mass is 32.2. The van der Waals surface area contributed by atoms with Gasteiger partial charge < -0.3 is 5.21 Å². The van der Waals surface area contributed by atoms with Gasteiger partial charge in [-0.05, 0) is 32.1 Å². The minimum Gasteiger partial charge on any atom is -0.411 e. The standard InChI is InChI=1S/C14H25NO3S/c16-15-13-10-6-1-2-7-11-14(13)19(17,18)12-8-4-3-5-9-12/h12,14,16H,1-11H2. The Labute approximate surface area is 116 Å². The molecule has 2 fully saturated rings. The van der Waals surface area contributed by atoms with E-state index >= 15 is 0 Å². The molecule has 0 aromatic heterocycles. The van der Waals surface area contributed by atoms with Crippen LogP contribution in [-0.4, -0.2) is 29.8 Å². The Hall–Kier alpha value is -0.580. The van der Waals surface area contributed by atoms with Crippen molar-refractivity contribution in [1.29, 1.82) is 0 Å². The van der Waals surface area contributed by atoms with Gasteiger partial charge in [-0.2, -0.15) is 0 Å². The molecule has 0 aromatic carbocycles. The first-order valence-electron chi connectivity index (χ1n) is 7.60. The molecule has 0 radical (unpaired) electrons. The van der Waals surface area contributed by atoms with E-state index in [-0.39, 0.29) is 5.25 Å². The SMILES string of the molecule is O=S(=O)(C1CCCCC1)C1CCCCCCC1=NO. The maximum absolute atomic E-state index is 12.8. The Morgan fingerprint density at radius 3 is 2.16 bits per heavy atom. The number of oxime groups is 1. The molecule has 0 spiro atoms. The predicted octanol–water partition coefficient (Wildman–Crippen LogP) is 3.29. The lowest BCUT2D eigenvalue weighted by Gasteiger charge is -2.28. The average Bonchev–Trinajstić information content (AvgIpc) is 2.39. The molecule has 0 heterocycles. The fourth-order valence-electron chi connectivity index (χ4n) is 3.41. The van der Waals surface area contributed by atoms with Crippen LogP contribution >= 0.6 is 0 Å². The van der Waals surface area contributed by atoms with Crippen LogP contribution in [0.5, 0.6) is 0 Å². The Balaban J connectivity index is 2.18. The van der Waals surface area contributed by atoms with Gasteiger partial charge in [0.15, 0.2) is 9.84 Å². The van der Waals surface area contributed by atoms with Crippen molar-refractivity contribution in [2.24, 2.45) is 5.16 Å². The zero-order chi connectivity index (χ0) is 13.7. The van der Waals surface area contributed by atoms with Gasteiger partial charge in [0.25, 0.3) is 0 Å². The fourth-order valence-corrected chi connectivity index (χ4v) is 5.91. The zero-order valence-electron chi connectivity index (χ0n) is 11.6. The highest BCUT2D eigenvalue weighted by molar-refractivity contribution is 7.93. The average molecular weight is 287 g/mol. The van der Waals surface area contributed by atoms with Crippen molar-refractivity contribution in [3.05, 3.63) is 0 Å². The van der Waals surface area contributed by atoms with Gasteiger partial charge in [-0.25, -0.2) is 8.42 Å². The lowest BCUT2D eigenvalue weighted by atomic mass is 9.99. The molecule has 2 aliphatic carbocycles. The molecule has 2 rings (SSSR count). The van der Waals surface area contributed by atoms with E-state index in [0.717, 1.165) is 57.8 Å². The number of nitrogens with zero attached hydrogens (tertiary/aromatic N) is 1. The van der Waals surface area contributed by atoms with E-state index in [4.69, 9.17) is 5.21 Å². The first kappa shape index (κ1) is 14.8. The van der Waals surface area contributed by atoms with Crippen molar-refractivity contribution < 1.29 is 13.6 Å². The van der Waals surface area contributed by atoms with Gasteiger partial charge >= 0.3 is 0 Å². The molecular formula is C14H25NO3S. The second-order valence-corrected chi connectivity index (χ2v) is 8.30. The molecule has 1 atom stereocenters. The molecule has 1 unspecified atom stereocenters. The summed E-state index contributed by atoms with van der Waals surface area (Å²) < 4.78 is 25.6. The molecule has 0 aromatic rings. The van der Waals surface area contributed by atoms with Crippen molar-refractivity contribution in [2.75, 3.05) is 0 Å². The van der Waals surface area contributed by atoms with Crippen molar-refractivity contribution in [3.63, 3.8) is 0 Å². The quantitative estimate of drug-likeness (QED) is 0.626. The van der Waals surface area contributed by atoms with Gasteiger partial charge in [0.2, 0.25) is 0 Å². The first-order chi connectivity index (χ1) is 9.16. The van der Waals surface area contributed by atoms with Crippen molar-refractivity contribution in [3.8, 4) is 0 Å². The van der Waals surface area contributed by atoms with E-state index < -0.39 is 15.1 Å². The summed E-state index contributed by atoms with van der Waals surface area (Å²) in [5.41, 5.74) is 0.505. The number of hydrogen-bond donors (Lipinski definition) is 1. The number of rotatable bonds is 2. The van der Waals surface area contributed by atoms with E-state index in [1.165, 1.54) is 0 Å². The Bertz CT molecular complexity index is 410. The summed E-state index contributed by atoms with van der Waals surface area (Å²) in [4.78, 5) is 0. The summed E-state index contributed by atoms with van der Waals surface area (Å²) in [6.45, 7) is 0. The molecule has 19 heavy (non-hydrogen) atoms. The van der Waals surface area contributed by atoms with E-state index in [1.54, 1.807) is 0 Å². The van der Waals surface area contributed by atoms with E-state index in [0.29, 0.717) is 18.6 Å². The van der Waals surface area contributed by atoms with Gasteiger partial charge in [0.1, 0.15) is 5.25 Å². The van der Waals surface area contributed by atoms with Crippen molar-refractivity contribution >= 4 is 15.5 Å². The van der Waals surface area contributed by atoms with Crippen LogP contribution in [0.2, 0.25) is 0 Å². The van der Waals surface area contributed by atoms with Gasteiger partial charge in [0.05, 0.1) is 11.0 Å². The summed E-state index contributed by atoms with van der Waals surface area (Å²) in [6.07, 6.45) is 10.1. The topological polar surface area (TPSA) is 66.7 Å². The molecule has 4 nitrogen and oxygen atoms in total.